The number of nitrogens with zero attached hydrogens (tertiary/aromatic N) is 1. The number of carbonyl (C=O) groups excluding carboxylic acids is 1. The first-order valence-electron chi connectivity index (χ1n) is 8.45. The molecule has 2 heterocycles. The van der Waals surface area contributed by atoms with Crippen molar-refractivity contribution in [3.8, 4) is 17.0 Å². The van der Waals surface area contributed by atoms with Crippen molar-refractivity contribution in [2.45, 2.75) is 19.8 Å². The number of rotatable bonds is 6. The van der Waals surface area contributed by atoms with Crippen molar-refractivity contribution in [3.05, 3.63) is 29.6 Å². The lowest BCUT2D eigenvalue weighted by molar-refractivity contribution is -0.130. The molecule has 1 saturated heterocycles. The number of anilines is 1. The van der Waals surface area contributed by atoms with Gasteiger partial charge < -0.3 is 20.5 Å². The highest BCUT2D eigenvalue weighted by molar-refractivity contribution is 7.14. The molecule has 6 nitrogen and oxygen atoms in total. The third-order valence-electron chi connectivity index (χ3n) is 4.51. The van der Waals surface area contributed by atoms with Crippen LogP contribution >= 0.6 is 23.7 Å². The Kier molecular flexibility index (Phi) is 7.40. The Labute approximate surface area is 163 Å². The number of hydrogen-bond donors (Lipinski definition) is 2. The number of thiazole rings is 1. The molecule has 1 amide bonds. The van der Waals surface area contributed by atoms with E-state index in [2.05, 4.69) is 10.3 Å². The average Bonchev–Trinajstić information content (AvgIpc) is 3.11. The molecule has 1 aromatic heterocycles. The number of ether oxygens (including phenoxy) is 2. The van der Waals surface area contributed by atoms with Gasteiger partial charge in [0.2, 0.25) is 5.91 Å². The van der Waals surface area contributed by atoms with Gasteiger partial charge in [0.15, 0.2) is 5.13 Å². The summed E-state index contributed by atoms with van der Waals surface area (Å²) in [6, 6.07) is 7.76. The molecule has 0 saturated carbocycles. The van der Waals surface area contributed by atoms with Gasteiger partial charge in [0.1, 0.15) is 5.75 Å². The Morgan fingerprint density at radius 1 is 1.35 bits per heavy atom. The predicted octanol–water partition coefficient (Wildman–Crippen LogP) is 3.32. The number of nitrogens with one attached hydrogen (secondary N) is 1. The normalized spacial score (nSPS) is 15.8. The fraction of sp³-hybridized carbons (Fsp3) is 0.444. The van der Waals surface area contributed by atoms with Gasteiger partial charge in [-0.2, -0.15) is 0 Å². The molecule has 0 spiro atoms. The summed E-state index contributed by atoms with van der Waals surface area (Å²) in [5.41, 5.74) is 7.15. The van der Waals surface area contributed by atoms with E-state index >= 15 is 0 Å². The van der Waals surface area contributed by atoms with Gasteiger partial charge in [0.25, 0.3) is 0 Å². The van der Waals surface area contributed by atoms with E-state index in [1.165, 1.54) is 11.3 Å². The van der Waals surface area contributed by atoms with E-state index in [0.717, 1.165) is 17.0 Å². The van der Waals surface area contributed by atoms with Crippen LogP contribution < -0.4 is 15.8 Å². The molecule has 1 aliphatic heterocycles. The van der Waals surface area contributed by atoms with E-state index in [4.69, 9.17) is 15.2 Å². The number of hydrogen-bond acceptors (Lipinski definition) is 6. The van der Waals surface area contributed by atoms with Crippen LogP contribution in [0.1, 0.15) is 19.8 Å². The fourth-order valence-corrected chi connectivity index (χ4v) is 3.58. The minimum atomic E-state index is -0.552. The molecule has 8 heteroatoms. The van der Waals surface area contributed by atoms with Crippen LogP contribution in [0.4, 0.5) is 5.13 Å². The van der Waals surface area contributed by atoms with Crippen LogP contribution in [0.3, 0.4) is 0 Å². The molecule has 2 aromatic rings. The Balaban J connectivity index is 0.00000243. The van der Waals surface area contributed by atoms with Crippen LogP contribution in [-0.4, -0.2) is 37.3 Å². The van der Waals surface area contributed by atoms with Crippen LogP contribution in [0.15, 0.2) is 29.6 Å². The summed E-state index contributed by atoms with van der Waals surface area (Å²) in [6.07, 6.45) is 1.29. The van der Waals surface area contributed by atoms with Crippen molar-refractivity contribution < 1.29 is 14.3 Å². The van der Waals surface area contributed by atoms with Crippen molar-refractivity contribution in [2.75, 3.05) is 31.7 Å². The highest BCUT2D eigenvalue weighted by Crippen LogP contribution is 2.32. The molecule has 1 aromatic carbocycles. The third-order valence-corrected chi connectivity index (χ3v) is 5.27. The fourth-order valence-electron chi connectivity index (χ4n) is 2.87. The SMILES string of the molecule is CCOc1ccc(-c2csc(NC(=O)C3(CN)CCOCC3)n2)cc1.Cl. The molecular weight excluding hydrogens is 374 g/mol. The molecule has 1 fully saturated rings. The van der Waals surface area contributed by atoms with Crippen molar-refractivity contribution in [2.24, 2.45) is 11.1 Å². The molecule has 0 unspecified atom stereocenters. The van der Waals surface area contributed by atoms with Gasteiger partial charge in [-0.3, -0.25) is 4.79 Å². The lowest BCUT2D eigenvalue weighted by Crippen LogP contribution is -2.46. The van der Waals surface area contributed by atoms with Crippen LogP contribution in [0.2, 0.25) is 0 Å². The number of halogens is 1. The standard InChI is InChI=1S/C18H23N3O3S.ClH/c1-2-24-14-5-3-13(4-6-14)15-11-25-17(20-15)21-16(22)18(12-19)7-9-23-10-8-18;/h3-6,11H,2,7-10,12,19H2,1H3,(H,20,21,22);1H. The van der Waals surface area contributed by atoms with Crippen LogP contribution in [-0.2, 0) is 9.53 Å². The zero-order valence-corrected chi connectivity index (χ0v) is 16.3. The van der Waals surface area contributed by atoms with Crippen LogP contribution in [0, 0.1) is 5.41 Å². The molecule has 3 N–H and O–H groups in total. The molecule has 0 radical (unpaired) electrons. The largest absolute Gasteiger partial charge is 0.494 e. The van der Waals surface area contributed by atoms with E-state index in [1.807, 2.05) is 36.6 Å². The number of benzene rings is 1. The monoisotopic (exact) mass is 397 g/mol. The predicted molar refractivity (Wildman–Crippen MR) is 106 cm³/mol. The molecule has 26 heavy (non-hydrogen) atoms. The topological polar surface area (TPSA) is 86.5 Å². The lowest BCUT2D eigenvalue weighted by atomic mass is 9.79. The van der Waals surface area contributed by atoms with Crippen LogP contribution in [0.25, 0.3) is 11.3 Å². The van der Waals surface area contributed by atoms with E-state index in [-0.39, 0.29) is 18.3 Å². The first kappa shape index (κ1) is 20.6. The minimum Gasteiger partial charge on any atom is -0.494 e. The Hall–Kier alpha value is -1.67. The van der Waals surface area contributed by atoms with Crippen molar-refractivity contribution in [3.63, 3.8) is 0 Å². The number of aromatic nitrogens is 1. The first-order chi connectivity index (χ1) is 12.2. The van der Waals surface area contributed by atoms with E-state index in [9.17, 15) is 4.79 Å². The van der Waals surface area contributed by atoms with E-state index < -0.39 is 5.41 Å². The third kappa shape index (κ3) is 4.54. The second-order valence-electron chi connectivity index (χ2n) is 6.05. The molecule has 0 bridgehead atoms. The maximum Gasteiger partial charge on any atom is 0.233 e. The summed E-state index contributed by atoms with van der Waals surface area (Å²) in [7, 11) is 0. The summed E-state index contributed by atoms with van der Waals surface area (Å²) in [4.78, 5) is 17.2. The molecule has 0 aliphatic carbocycles. The summed E-state index contributed by atoms with van der Waals surface area (Å²) in [5, 5.41) is 5.46. The zero-order valence-electron chi connectivity index (χ0n) is 14.7. The van der Waals surface area contributed by atoms with Gasteiger partial charge in [-0.1, -0.05) is 0 Å². The van der Waals surface area contributed by atoms with Crippen molar-refractivity contribution >= 4 is 34.8 Å². The maximum absolute atomic E-state index is 12.7. The van der Waals surface area contributed by atoms with Crippen molar-refractivity contribution in [1.82, 2.24) is 4.98 Å². The van der Waals surface area contributed by atoms with Crippen LogP contribution in [0.5, 0.6) is 5.75 Å². The quantitative estimate of drug-likeness (QED) is 0.780. The number of amides is 1. The summed E-state index contributed by atoms with van der Waals surface area (Å²) in [5.74, 6) is 0.769. The molecule has 142 valence electrons. The molecule has 3 rings (SSSR count). The summed E-state index contributed by atoms with van der Waals surface area (Å²) in [6.45, 7) is 4.05. The van der Waals surface area contributed by atoms with Gasteiger partial charge >= 0.3 is 0 Å². The van der Waals surface area contributed by atoms with Gasteiger partial charge in [-0.25, -0.2) is 4.98 Å². The zero-order chi connectivity index (χ0) is 17.7. The Morgan fingerprint density at radius 3 is 2.65 bits per heavy atom. The molecular formula is C18H24ClN3O3S. The molecule has 1 aliphatic rings. The van der Waals surface area contributed by atoms with Crippen molar-refractivity contribution in [1.29, 1.82) is 0 Å². The van der Waals surface area contributed by atoms with Gasteiger partial charge in [-0.15, -0.1) is 23.7 Å². The first-order valence-corrected chi connectivity index (χ1v) is 9.33. The van der Waals surface area contributed by atoms with E-state index in [1.54, 1.807) is 0 Å². The van der Waals surface area contributed by atoms with Gasteiger partial charge in [0.05, 0.1) is 17.7 Å². The number of nitrogens with two attached hydrogens (primary N) is 1. The minimum absolute atomic E-state index is 0. The highest BCUT2D eigenvalue weighted by atomic mass is 35.5. The summed E-state index contributed by atoms with van der Waals surface area (Å²) < 4.78 is 10.8. The highest BCUT2D eigenvalue weighted by Gasteiger charge is 2.39. The summed E-state index contributed by atoms with van der Waals surface area (Å²) >= 11 is 1.41. The van der Waals surface area contributed by atoms with Gasteiger partial charge in [-0.05, 0) is 44.0 Å². The number of carbonyl (C=O) groups is 1. The maximum atomic E-state index is 12.7. The second kappa shape index (κ2) is 9.32. The lowest BCUT2D eigenvalue weighted by Gasteiger charge is -2.34. The Morgan fingerprint density at radius 2 is 2.04 bits per heavy atom. The second-order valence-corrected chi connectivity index (χ2v) is 6.90. The molecule has 0 atom stereocenters. The van der Waals surface area contributed by atoms with Gasteiger partial charge in [0, 0.05) is 30.7 Å². The van der Waals surface area contributed by atoms with E-state index in [0.29, 0.717) is 44.3 Å². The smallest absolute Gasteiger partial charge is 0.233 e. The average molecular weight is 398 g/mol. The Bertz CT molecular complexity index is 715.